The van der Waals surface area contributed by atoms with E-state index in [1.54, 1.807) is 24.3 Å². The van der Waals surface area contributed by atoms with Crippen LogP contribution < -0.4 is 0 Å². The van der Waals surface area contributed by atoms with Crippen LogP contribution in [0.15, 0.2) is 55.8 Å². The maximum Gasteiger partial charge on any atom is 0.123 e. The minimum atomic E-state index is -0.298. The highest BCUT2D eigenvalue weighted by molar-refractivity contribution is 5.78. The summed E-state index contributed by atoms with van der Waals surface area (Å²) in [7, 11) is 0. The van der Waals surface area contributed by atoms with Crippen LogP contribution in [0.3, 0.4) is 0 Å². The highest BCUT2D eigenvalue weighted by atomic mass is 19.1. The summed E-state index contributed by atoms with van der Waals surface area (Å²) in [6, 6.07) is 9.86. The summed E-state index contributed by atoms with van der Waals surface area (Å²) in [6.07, 6.45) is 3.08. The molecule has 0 saturated carbocycles. The van der Waals surface area contributed by atoms with Gasteiger partial charge in [0.05, 0.1) is 11.3 Å². The summed E-state index contributed by atoms with van der Waals surface area (Å²) in [5.74, 6) is -0.298. The molecule has 0 radical (unpaired) electrons. The number of hydrogen-bond donors (Lipinski definition) is 0. The van der Waals surface area contributed by atoms with E-state index in [1.165, 1.54) is 18.3 Å². The monoisotopic (exact) mass is 250 g/mol. The molecule has 1 aromatic heterocycles. The normalized spacial score (nSPS) is 9.68. The van der Waals surface area contributed by atoms with E-state index in [4.69, 9.17) is 5.26 Å². The zero-order valence-corrected chi connectivity index (χ0v) is 10.2. The topological polar surface area (TPSA) is 36.7 Å². The summed E-state index contributed by atoms with van der Waals surface area (Å²) in [5, 5.41) is 9.05. The molecule has 0 aliphatic heterocycles. The quantitative estimate of drug-likeness (QED) is 0.773. The van der Waals surface area contributed by atoms with Gasteiger partial charge >= 0.3 is 0 Å². The van der Waals surface area contributed by atoms with Gasteiger partial charge in [0.1, 0.15) is 11.9 Å². The number of benzene rings is 1. The van der Waals surface area contributed by atoms with E-state index in [0.717, 1.165) is 5.56 Å². The summed E-state index contributed by atoms with van der Waals surface area (Å²) in [4.78, 5) is 4.21. The lowest BCUT2D eigenvalue weighted by atomic mass is 10.0. The molecular weight excluding hydrogens is 239 g/mol. The van der Waals surface area contributed by atoms with Crippen molar-refractivity contribution in [1.29, 1.82) is 5.26 Å². The van der Waals surface area contributed by atoms with Gasteiger partial charge in [0.15, 0.2) is 0 Å². The van der Waals surface area contributed by atoms with E-state index >= 15 is 0 Å². The molecule has 0 amide bonds. The zero-order valence-electron chi connectivity index (χ0n) is 10.2. The average molecular weight is 250 g/mol. The number of halogens is 1. The molecule has 0 aliphatic carbocycles. The molecular formula is C16H11FN2. The van der Waals surface area contributed by atoms with Crippen LogP contribution in [0.2, 0.25) is 0 Å². The van der Waals surface area contributed by atoms with Crippen molar-refractivity contribution in [3.8, 4) is 17.3 Å². The molecule has 3 heteroatoms. The molecule has 0 atom stereocenters. The summed E-state index contributed by atoms with van der Waals surface area (Å²) < 4.78 is 12.9. The Morgan fingerprint density at radius 1 is 1.32 bits per heavy atom. The maximum atomic E-state index is 12.9. The minimum Gasteiger partial charge on any atom is -0.255 e. The highest BCUT2D eigenvalue weighted by Crippen LogP contribution is 2.24. The fourth-order valence-corrected chi connectivity index (χ4v) is 1.70. The van der Waals surface area contributed by atoms with Crippen molar-refractivity contribution >= 4 is 5.57 Å². The van der Waals surface area contributed by atoms with Gasteiger partial charge in [-0.1, -0.05) is 19.2 Å². The first-order valence-electron chi connectivity index (χ1n) is 5.63. The van der Waals surface area contributed by atoms with Crippen molar-refractivity contribution in [2.45, 2.75) is 0 Å². The van der Waals surface area contributed by atoms with Crippen molar-refractivity contribution in [3.63, 3.8) is 0 Å². The first kappa shape index (κ1) is 12.7. The largest absolute Gasteiger partial charge is 0.255 e. The number of aromatic nitrogens is 1. The minimum absolute atomic E-state index is 0.298. The molecule has 0 spiro atoms. The van der Waals surface area contributed by atoms with Crippen molar-refractivity contribution in [3.05, 3.63) is 72.7 Å². The molecule has 0 fully saturated rings. The highest BCUT2D eigenvalue weighted by Gasteiger charge is 2.08. The molecule has 2 rings (SSSR count). The van der Waals surface area contributed by atoms with Gasteiger partial charge in [0.25, 0.3) is 0 Å². The van der Waals surface area contributed by atoms with Crippen LogP contribution in [0.4, 0.5) is 4.39 Å². The summed E-state index contributed by atoms with van der Waals surface area (Å²) >= 11 is 0. The fourth-order valence-electron chi connectivity index (χ4n) is 1.70. The second-order valence-electron chi connectivity index (χ2n) is 3.96. The molecule has 1 heterocycles. The Bertz CT molecular complexity index is 679. The van der Waals surface area contributed by atoms with E-state index in [2.05, 4.69) is 24.2 Å². The zero-order chi connectivity index (χ0) is 13.8. The molecule has 0 saturated heterocycles. The molecule has 0 bridgehead atoms. The van der Waals surface area contributed by atoms with E-state index in [0.29, 0.717) is 22.4 Å². The molecule has 19 heavy (non-hydrogen) atoms. The number of nitriles is 1. The van der Waals surface area contributed by atoms with Gasteiger partial charge < -0.3 is 0 Å². The first-order chi connectivity index (χ1) is 9.15. The molecule has 0 N–H and O–H groups in total. The third-order valence-electron chi connectivity index (χ3n) is 2.76. The van der Waals surface area contributed by atoms with Crippen LogP contribution in [0, 0.1) is 17.1 Å². The third-order valence-corrected chi connectivity index (χ3v) is 2.76. The summed E-state index contributed by atoms with van der Waals surface area (Å²) in [5.41, 5.74) is 3.23. The Balaban J connectivity index is 2.55. The van der Waals surface area contributed by atoms with Gasteiger partial charge in [-0.25, -0.2) is 4.39 Å². The lowest BCUT2D eigenvalue weighted by Crippen LogP contribution is -1.92. The van der Waals surface area contributed by atoms with Gasteiger partial charge in [-0.3, -0.25) is 4.98 Å². The lowest BCUT2D eigenvalue weighted by molar-refractivity contribution is 0.628. The van der Waals surface area contributed by atoms with Crippen LogP contribution in [0.5, 0.6) is 0 Å². The Morgan fingerprint density at radius 3 is 2.58 bits per heavy atom. The SMILES string of the molecule is C=CC(=C)c1cc(-c2ccc(F)cc2)ncc1C#N. The predicted molar refractivity (Wildman–Crippen MR) is 73.6 cm³/mol. The number of pyridine rings is 1. The number of allylic oxidation sites excluding steroid dienone is 2. The van der Waals surface area contributed by atoms with E-state index in [1.807, 2.05) is 0 Å². The predicted octanol–water partition coefficient (Wildman–Crippen LogP) is 3.96. The van der Waals surface area contributed by atoms with Gasteiger partial charge in [-0.2, -0.15) is 5.26 Å². The number of rotatable bonds is 3. The first-order valence-corrected chi connectivity index (χ1v) is 5.63. The molecule has 0 aliphatic rings. The smallest absolute Gasteiger partial charge is 0.123 e. The maximum absolute atomic E-state index is 12.9. The fraction of sp³-hybridized carbons (Fsp3) is 0. The van der Waals surface area contributed by atoms with Gasteiger partial charge in [0.2, 0.25) is 0 Å². The van der Waals surface area contributed by atoms with Crippen molar-refractivity contribution in [2.24, 2.45) is 0 Å². The lowest BCUT2D eigenvalue weighted by Gasteiger charge is -2.07. The second kappa shape index (κ2) is 5.28. The van der Waals surface area contributed by atoms with Gasteiger partial charge in [0, 0.05) is 17.3 Å². The Morgan fingerprint density at radius 2 is 2.00 bits per heavy atom. The van der Waals surface area contributed by atoms with Gasteiger partial charge in [-0.15, -0.1) is 0 Å². The van der Waals surface area contributed by atoms with Crippen LogP contribution in [0.1, 0.15) is 11.1 Å². The number of hydrogen-bond acceptors (Lipinski definition) is 2. The van der Waals surface area contributed by atoms with E-state index < -0.39 is 0 Å². The molecule has 1 aromatic carbocycles. The summed E-state index contributed by atoms with van der Waals surface area (Å²) in [6.45, 7) is 7.49. The van der Waals surface area contributed by atoms with Gasteiger partial charge in [-0.05, 0) is 35.9 Å². The van der Waals surface area contributed by atoms with Crippen LogP contribution >= 0.6 is 0 Å². The molecule has 2 aromatic rings. The van der Waals surface area contributed by atoms with Crippen molar-refractivity contribution < 1.29 is 4.39 Å². The average Bonchev–Trinajstić information content (AvgIpc) is 2.46. The van der Waals surface area contributed by atoms with Crippen LogP contribution in [0.25, 0.3) is 16.8 Å². The third kappa shape index (κ3) is 2.58. The Labute approximate surface area is 111 Å². The Hall–Kier alpha value is -2.73. The second-order valence-corrected chi connectivity index (χ2v) is 3.96. The van der Waals surface area contributed by atoms with E-state index in [9.17, 15) is 4.39 Å². The van der Waals surface area contributed by atoms with Crippen molar-refractivity contribution in [1.82, 2.24) is 4.98 Å². The standard InChI is InChI=1S/C16H11FN2/c1-3-11(2)15-8-16(19-10-13(15)9-18)12-4-6-14(17)7-5-12/h3-8,10H,1-2H2. The Kier molecular flexibility index (Phi) is 3.53. The molecule has 0 unspecified atom stereocenters. The van der Waals surface area contributed by atoms with Crippen molar-refractivity contribution in [2.75, 3.05) is 0 Å². The van der Waals surface area contributed by atoms with Crippen LogP contribution in [-0.2, 0) is 0 Å². The van der Waals surface area contributed by atoms with E-state index in [-0.39, 0.29) is 5.82 Å². The molecule has 2 nitrogen and oxygen atoms in total. The number of nitrogens with zero attached hydrogens (tertiary/aromatic N) is 2. The van der Waals surface area contributed by atoms with Crippen LogP contribution in [-0.4, -0.2) is 4.98 Å². The molecule has 92 valence electrons.